The van der Waals surface area contributed by atoms with Crippen LogP contribution < -0.4 is 9.64 Å². The molecule has 1 aliphatic heterocycles. The van der Waals surface area contributed by atoms with Crippen LogP contribution in [0.5, 0.6) is 5.75 Å². The predicted molar refractivity (Wildman–Crippen MR) is 165 cm³/mol. The van der Waals surface area contributed by atoms with Gasteiger partial charge < -0.3 is 9.84 Å². The fourth-order valence-corrected chi connectivity index (χ4v) is 7.01. The van der Waals surface area contributed by atoms with Crippen molar-refractivity contribution in [1.82, 2.24) is 10.2 Å². The van der Waals surface area contributed by atoms with E-state index < -0.39 is 29.3 Å². The number of thioether (sulfide) groups is 1. The van der Waals surface area contributed by atoms with Gasteiger partial charge in [-0.15, -0.1) is 10.2 Å². The number of hydrogen-bond donors (Lipinski definition) is 1. The number of rotatable bonds is 7. The Morgan fingerprint density at radius 1 is 1.05 bits per heavy atom. The van der Waals surface area contributed by atoms with Crippen molar-refractivity contribution in [3.8, 4) is 5.75 Å². The fraction of sp³-hybridized carbons (Fsp3) is 0.0968. The van der Waals surface area contributed by atoms with Gasteiger partial charge in [0.25, 0.3) is 5.78 Å². The number of hydrogen-bond acceptors (Lipinski definition) is 8. The summed E-state index contributed by atoms with van der Waals surface area (Å²) in [6, 6.07) is 24.1. The largest absolute Gasteiger partial charge is 0.507 e. The number of Topliss-reactive ketones (excluding diaryl/α,β-unsaturated/α-hetero) is 1. The van der Waals surface area contributed by atoms with Gasteiger partial charge in [0, 0.05) is 15.8 Å². The van der Waals surface area contributed by atoms with Crippen molar-refractivity contribution in [1.29, 1.82) is 0 Å². The molecular weight excluding hydrogens is 641 g/mol. The van der Waals surface area contributed by atoms with E-state index in [4.69, 9.17) is 4.74 Å². The van der Waals surface area contributed by atoms with Crippen LogP contribution >= 0.6 is 39.0 Å². The second kappa shape index (κ2) is 11.7. The Bertz CT molecular complexity index is 1870. The molecule has 1 fully saturated rings. The summed E-state index contributed by atoms with van der Waals surface area (Å²) >= 11 is 6.07. The molecule has 42 heavy (non-hydrogen) atoms. The van der Waals surface area contributed by atoms with Crippen LogP contribution in [0.25, 0.3) is 16.5 Å². The first-order chi connectivity index (χ1) is 20.4. The molecule has 0 saturated carbocycles. The van der Waals surface area contributed by atoms with Crippen molar-refractivity contribution < 1.29 is 23.8 Å². The number of anilines is 1. The number of carbonyl (C=O) groups excluding carboxylic acids is 2. The second-order valence-electron chi connectivity index (χ2n) is 9.35. The van der Waals surface area contributed by atoms with E-state index in [-0.39, 0.29) is 22.0 Å². The number of fused-ring (bicyclic) bond motifs is 1. The first-order valence-corrected chi connectivity index (χ1v) is 15.3. The third-order valence-corrected chi connectivity index (χ3v) is 9.52. The third-order valence-electron chi connectivity index (χ3n) is 6.89. The lowest BCUT2D eigenvalue weighted by Gasteiger charge is -2.22. The quantitative estimate of drug-likeness (QED) is 0.0634. The molecule has 1 saturated heterocycles. The Kier molecular flexibility index (Phi) is 7.80. The number of ether oxygens (including phenoxy) is 1. The molecule has 1 aliphatic rings. The number of aromatic nitrogens is 2. The number of aliphatic hydroxyl groups is 1. The summed E-state index contributed by atoms with van der Waals surface area (Å²) < 4.78 is 20.9. The standard InChI is InChI=1S/C31H21BrFN3O4S2/c1-40-24-14-11-19(15-23(24)33)27(37)25-26(18-9-12-21(32)13-10-18)36(29(39)28(25)38)30-34-35-31(42-30)41-16-20-7-4-6-17-5-2-3-8-22(17)20/h2-15,26,37H,16H2,1H3/b27-25+. The molecule has 0 spiro atoms. The summed E-state index contributed by atoms with van der Waals surface area (Å²) in [5.41, 5.74) is 1.56. The van der Waals surface area contributed by atoms with Crippen molar-refractivity contribution in [3.05, 3.63) is 117 Å². The highest BCUT2D eigenvalue weighted by Crippen LogP contribution is 2.44. The van der Waals surface area contributed by atoms with Gasteiger partial charge in [0.15, 0.2) is 15.9 Å². The Hall–Kier alpha value is -4.06. The van der Waals surface area contributed by atoms with E-state index >= 15 is 0 Å². The van der Waals surface area contributed by atoms with Gasteiger partial charge >= 0.3 is 5.91 Å². The first-order valence-electron chi connectivity index (χ1n) is 12.7. The van der Waals surface area contributed by atoms with E-state index in [0.717, 1.165) is 26.9 Å². The average molecular weight is 663 g/mol. The molecule has 11 heteroatoms. The minimum atomic E-state index is -1.01. The number of aliphatic hydroxyl groups excluding tert-OH is 1. The zero-order chi connectivity index (χ0) is 29.4. The molecule has 5 aromatic rings. The molecule has 1 amide bonds. The van der Waals surface area contributed by atoms with Gasteiger partial charge in [0.2, 0.25) is 5.13 Å². The normalized spacial score (nSPS) is 16.4. The van der Waals surface area contributed by atoms with Crippen molar-refractivity contribution in [2.45, 2.75) is 16.1 Å². The SMILES string of the molecule is COc1ccc(/C(O)=C2\C(=O)C(=O)N(c3nnc(SCc4cccc5ccccc45)s3)C2c2ccc(Br)cc2)cc1F. The minimum Gasteiger partial charge on any atom is -0.507 e. The summed E-state index contributed by atoms with van der Waals surface area (Å²) in [4.78, 5) is 28.1. The van der Waals surface area contributed by atoms with Gasteiger partial charge in [-0.3, -0.25) is 14.5 Å². The molecule has 1 N–H and O–H groups in total. The van der Waals surface area contributed by atoms with E-state index in [1.165, 1.54) is 47.2 Å². The molecule has 210 valence electrons. The Morgan fingerprint density at radius 3 is 2.57 bits per heavy atom. The van der Waals surface area contributed by atoms with Crippen LogP contribution in [0.3, 0.4) is 0 Å². The molecule has 0 aliphatic carbocycles. The molecule has 0 bridgehead atoms. The molecule has 1 unspecified atom stereocenters. The van der Waals surface area contributed by atoms with Gasteiger partial charge in [-0.2, -0.15) is 0 Å². The Balaban J connectivity index is 1.37. The van der Waals surface area contributed by atoms with Crippen molar-refractivity contribution >= 4 is 72.4 Å². The summed E-state index contributed by atoms with van der Waals surface area (Å²) in [6.45, 7) is 0. The molecule has 6 rings (SSSR count). The summed E-state index contributed by atoms with van der Waals surface area (Å²) in [5, 5.41) is 22.3. The van der Waals surface area contributed by atoms with Gasteiger partial charge in [0.05, 0.1) is 18.7 Å². The molecule has 4 aromatic carbocycles. The lowest BCUT2D eigenvalue weighted by atomic mass is 9.95. The average Bonchev–Trinajstić information content (AvgIpc) is 3.57. The molecule has 2 heterocycles. The van der Waals surface area contributed by atoms with Crippen molar-refractivity contribution in [2.24, 2.45) is 0 Å². The number of halogens is 2. The van der Waals surface area contributed by atoms with Gasteiger partial charge in [-0.05, 0) is 52.2 Å². The van der Waals surface area contributed by atoms with Crippen molar-refractivity contribution in [2.75, 3.05) is 12.0 Å². The number of methoxy groups -OCH3 is 1. The van der Waals surface area contributed by atoms with Crippen molar-refractivity contribution in [3.63, 3.8) is 0 Å². The lowest BCUT2D eigenvalue weighted by Crippen LogP contribution is -2.29. The third kappa shape index (κ3) is 5.19. The highest BCUT2D eigenvalue weighted by atomic mass is 79.9. The number of carbonyl (C=O) groups is 2. The highest BCUT2D eigenvalue weighted by molar-refractivity contribution is 9.10. The maximum Gasteiger partial charge on any atom is 0.301 e. The molecular formula is C31H21BrFN3O4S2. The summed E-state index contributed by atoms with van der Waals surface area (Å²) in [5.74, 6) is -2.36. The van der Waals surface area contributed by atoms with Crippen LogP contribution in [-0.2, 0) is 15.3 Å². The molecule has 1 aromatic heterocycles. The van der Waals surface area contributed by atoms with E-state index in [1.807, 2.05) is 18.2 Å². The summed E-state index contributed by atoms with van der Waals surface area (Å²) in [7, 11) is 1.33. The maximum atomic E-state index is 14.5. The van der Waals surface area contributed by atoms with Gasteiger partial charge in [-0.25, -0.2) is 4.39 Å². The zero-order valence-electron chi connectivity index (χ0n) is 22.0. The van der Waals surface area contributed by atoms with Crippen LogP contribution in [0.15, 0.2) is 99.3 Å². The van der Waals surface area contributed by atoms with Crippen LogP contribution in [0.4, 0.5) is 9.52 Å². The highest BCUT2D eigenvalue weighted by Gasteiger charge is 2.48. The number of benzene rings is 4. The van der Waals surface area contributed by atoms with E-state index in [1.54, 1.807) is 24.3 Å². The maximum absolute atomic E-state index is 14.5. The monoisotopic (exact) mass is 661 g/mol. The predicted octanol–water partition coefficient (Wildman–Crippen LogP) is 7.52. The minimum absolute atomic E-state index is 0.0150. The van der Waals surface area contributed by atoms with Crippen LogP contribution in [0.2, 0.25) is 0 Å². The topological polar surface area (TPSA) is 92.6 Å². The van der Waals surface area contributed by atoms with Crippen LogP contribution in [0, 0.1) is 5.82 Å². The molecule has 1 atom stereocenters. The zero-order valence-corrected chi connectivity index (χ0v) is 25.2. The van der Waals surface area contributed by atoms with Crippen LogP contribution in [0.1, 0.15) is 22.7 Å². The van der Waals surface area contributed by atoms with E-state index in [9.17, 15) is 19.1 Å². The molecule has 7 nitrogen and oxygen atoms in total. The second-order valence-corrected chi connectivity index (χ2v) is 12.4. The Labute approximate surface area is 256 Å². The van der Waals surface area contributed by atoms with E-state index in [0.29, 0.717) is 15.7 Å². The summed E-state index contributed by atoms with van der Waals surface area (Å²) in [6.07, 6.45) is 0. The number of amides is 1. The molecule has 0 radical (unpaired) electrons. The van der Waals surface area contributed by atoms with E-state index in [2.05, 4.69) is 50.4 Å². The fourth-order valence-electron chi connectivity index (χ4n) is 4.88. The van der Waals surface area contributed by atoms with Gasteiger partial charge in [-0.1, -0.05) is 93.6 Å². The lowest BCUT2D eigenvalue weighted by molar-refractivity contribution is -0.132. The smallest absolute Gasteiger partial charge is 0.301 e. The van der Waals surface area contributed by atoms with Gasteiger partial charge in [0.1, 0.15) is 5.76 Å². The Morgan fingerprint density at radius 2 is 1.81 bits per heavy atom. The number of nitrogens with zero attached hydrogens (tertiary/aromatic N) is 3. The van der Waals surface area contributed by atoms with Crippen LogP contribution in [-0.4, -0.2) is 34.1 Å². The first kappa shape index (κ1) is 28.1. The number of ketones is 1.